The van der Waals surface area contributed by atoms with E-state index in [1.165, 1.54) is 32.6 Å². The first-order chi connectivity index (χ1) is 13.1. The minimum atomic E-state index is -0.539. The molecule has 2 aliphatic rings. The number of fused-ring (bicyclic) bond motifs is 2. The number of aromatic nitrogens is 1. The largest absolute Gasteiger partial charge is 0.361 e. The van der Waals surface area contributed by atoms with Gasteiger partial charge in [0.15, 0.2) is 0 Å². The average Bonchev–Trinajstić information content (AvgIpc) is 3.27. The van der Waals surface area contributed by atoms with Crippen LogP contribution in [0, 0.1) is 11.8 Å². The molecule has 4 atom stereocenters. The van der Waals surface area contributed by atoms with Crippen LogP contribution in [0.25, 0.3) is 10.9 Å². The molecule has 4 unspecified atom stereocenters. The molecule has 0 saturated heterocycles. The molecule has 1 aromatic heterocycles. The Balaban J connectivity index is 1.44. The van der Waals surface area contributed by atoms with Crippen molar-refractivity contribution in [1.29, 1.82) is 0 Å². The van der Waals surface area contributed by atoms with Crippen molar-refractivity contribution in [3.63, 3.8) is 0 Å². The highest BCUT2D eigenvalue weighted by Gasteiger charge is 2.35. The van der Waals surface area contributed by atoms with Gasteiger partial charge in [0.05, 0.1) is 0 Å². The number of H-pyrrole nitrogens is 1. The van der Waals surface area contributed by atoms with Gasteiger partial charge in [0.2, 0.25) is 11.8 Å². The van der Waals surface area contributed by atoms with Crippen LogP contribution in [-0.4, -0.2) is 28.9 Å². The highest BCUT2D eigenvalue weighted by atomic mass is 16.2. The maximum absolute atomic E-state index is 13.0. The predicted octanol–water partition coefficient (Wildman–Crippen LogP) is 3.30. The van der Waals surface area contributed by atoms with Gasteiger partial charge in [-0.05, 0) is 42.7 Å². The molecule has 2 aliphatic carbocycles. The standard InChI is InChI=1S/C22H29N3O2/c1-14(26)24-21(12-17-13-23-20-8-3-2-7-19(17)20)22(27)25-18-10-9-15-5-4-6-16(15)11-18/h2-3,7-8,13,15-16,18,21,23H,4-6,9-12H2,1H3,(H,24,26)(H,25,27). The lowest BCUT2D eigenvalue weighted by Crippen LogP contribution is -2.51. The summed E-state index contributed by atoms with van der Waals surface area (Å²) in [6, 6.07) is 7.75. The Kier molecular flexibility index (Phi) is 5.19. The van der Waals surface area contributed by atoms with E-state index in [9.17, 15) is 9.59 Å². The van der Waals surface area contributed by atoms with Crippen LogP contribution in [0.3, 0.4) is 0 Å². The summed E-state index contributed by atoms with van der Waals surface area (Å²) in [7, 11) is 0. The van der Waals surface area contributed by atoms with Gasteiger partial charge in [0.1, 0.15) is 6.04 Å². The maximum Gasteiger partial charge on any atom is 0.243 e. The minimum absolute atomic E-state index is 0.0584. The van der Waals surface area contributed by atoms with Crippen molar-refractivity contribution in [1.82, 2.24) is 15.6 Å². The normalized spacial score (nSPS) is 25.7. The first-order valence-electron chi connectivity index (χ1n) is 10.2. The van der Waals surface area contributed by atoms with Crippen LogP contribution < -0.4 is 10.6 Å². The fourth-order valence-electron chi connectivity index (χ4n) is 5.11. The molecule has 2 saturated carbocycles. The minimum Gasteiger partial charge on any atom is -0.361 e. The van der Waals surface area contributed by atoms with Crippen LogP contribution in [0.5, 0.6) is 0 Å². The molecule has 2 fully saturated rings. The summed E-state index contributed by atoms with van der Waals surface area (Å²) in [4.78, 5) is 27.9. The first-order valence-corrected chi connectivity index (χ1v) is 10.2. The SMILES string of the molecule is CC(=O)NC(Cc1c[nH]c2ccccc12)C(=O)NC1CCC2CCCC2C1. The van der Waals surface area contributed by atoms with Crippen LogP contribution in [0.2, 0.25) is 0 Å². The van der Waals surface area contributed by atoms with Gasteiger partial charge >= 0.3 is 0 Å². The number of hydrogen-bond acceptors (Lipinski definition) is 2. The smallest absolute Gasteiger partial charge is 0.243 e. The van der Waals surface area contributed by atoms with Crippen molar-refractivity contribution >= 4 is 22.7 Å². The van der Waals surface area contributed by atoms with Crippen LogP contribution in [-0.2, 0) is 16.0 Å². The summed E-state index contributed by atoms with van der Waals surface area (Å²) in [5.74, 6) is 1.42. The topological polar surface area (TPSA) is 74.0 Å². The second kappa shape index (κ2) is 7.75. The lowest BCUT2D eigenvalue weighted by atomic mass is 9.79. The van der Waals surface area contributed by atoms with Gasteiger partial charge in [-0.3, -0.25) is 9.59 Å². The van der Waals surface area contributed by atoms with E-state index in [-0.39, 0.29) is 17.9 Å². The Morgan fingerprint density at radius 3 is 2.81 bits per heavy atom. The van der Waals surface area contributed by atoms with Gasteiger partial charge in [-0.1, -0.05) is 37.5 Å². The van der Waals surface area contributed by atoms with Gasteiger partial charge < -0.3 is 15.6 Å². The molecule has 1 aromatic carbocycles. The fourth-order valence-corrected chi connectivity index (χ4v) is 5.11. The molecule has 27 heavy (non-hydrogen) atoms. The lowest BCUT2D eigenvalue weighted by Gasteiger charge is -2.33. The van der Waals surface area contributed by atoms with E-state index in [2.05, 4.69) is 15.6 Å². The van der Waals surface area contributed by atoms with E-state index >= 15 is 0 Å². The van der Waals surface area contributed by atoms with E-state index in [1.54, 1.807) is 0 Å². The van der Waals surface area contributed by atoms with Gasteiger partial charge in [0.25, 0.3) is 0 Å². The molecule has 2 aromatic rings. The number of rotatable bonds is 5. The molecule has 0 bridgehead atoms. The first kappa shape index (κ1) is 18.1. The summed E-state index contributed by atoms with van der Waals surface area (Å²) in [5.41, 5.74) is 2.10. The van der Waals surface area contributed by atoms with Gasteiger partial charge in [-0.2, -0.15) is 0 Å². The Bertz CT molecular complexity index is 828. The van der Waals surface area contributed by atoms with Crippen LogP contribution in [0.1, 0.15) is 51.0 Å². The third kappa shape index (κ3) is 4.02. The molecule has 3 N–H and O–H groups in total. The number of hydrogen-bond donors (Lipinski definition) is 3. The second-order valence-electron chi connectivity index (χ2n) is 8.29. The van der Waals surface area contributed by atoms with Crippen LogP contribution >= 0.6 is 0 Å². The fraction of sp³-hybridized carbons (Fsp3) is 0.545. The van der Waals surface area contributed by atoms with Gasteiger partial charge in [0, 0.05) is 36.5 Å². The Labute approximate surface area is 160 Å². The predicted molar refractivity (Wildman–Crippen MR) is 106 cm³/mol. The van der Waals surface area contributed by atoms with E-state index in [0.717, 1.165) is 41.1 Å². The maximum atomic E-state index is 13.0. The van der Waals surface area contributed by atoms with Crippen LogP contribution in [0.4, 0.5) is 0 Å². The van der Waals surface area contributed by atoms with Crippen molar-refractivity contribution in [3.05, 3.63) is 36.0 Å². The molecule has 2 amide bonds. The molecule has 144 valence electrons. The number of benzene rings is 1. The molecule has 0 radical (unpaired) electrons. The zero-order valence-electron chi connectivity index (χ0n) is 16.0. The molecule has 5 heteroatoms. The number of nitrogens with one attached hydrogen (secondary N) is 3. The van der Waals surface area contributed by atoms with E-state index in [1.807, 2.05) is 30.5 Å². The van der Waals surface area contributed by atoms with E-state index in [0.29, 0.717) is 6.42 Å². The number of aromatic amines is 1. The summed E-state index contributed by atoms with van der Waals surface area (Å²) >= 11 is 0. The molecule has 0 aliphatic heterocycles. The Morgan fingerprint density at radius 2 is 1.96 bits per heavy atom. The number of para-hydroxylation sites is 1. The molecule has 1 heterocycles. The van der Waals surface area contributed by atoms with Crippen molar-refractivity contribution in [2.45, 2.75) is 64.0 Å². The third-order valence-corrected chi connectivity index (χ3v) is 6.43. The molecule has 5 nitrogen and oxygen atoms in total. The quantitative estimate of drug-likeness (QED) is 0.758. The average molecular weight is 367 g/mol. The Hall–Kier alpha value is -2.30. The van der Waals surface area contributed by atoms with Crippen molar-refractivity contribution in [2.24, 2.45) is 11.8 Å². The van der Waals surface area contributed by atoms with E-state index < -0.39 is 6.04 Å². The summed E-state index contributed by atoms with van der Waals surface area (Å²) in [6.45, 7) is 1.47. The molecule has 0 spiro atoms. The molecular formula is C22H29N3O2. The zero-order chi connectivity index (χ0) is 18.8. The third-order valence-electron chi connectivity index (χ3n) is 6.43. The summed E-state index contributed by atoms with van der Waals surface area (Å²) in [6.07, 6.45) is 9.82. The van der Waals surface area contributed by atoms with Crippen molar-refractivity contribution in [2.75, 3.05) is 0 Å². The second-order valence-corrected chi connectivity index (χ2v) is 8.29. The highest BCUT2D eigenvalue weighted by Crippen LogP contribution is 2.42. The molecular weight excluding hydrogens is 338 g/mol. The van der Waals surface area contributed by atoms with Crippen LogP contribution in [0.15, 0.2) is 30.5 Å². The lowest BCUT2D eigenvalue weighted by molar-refractivity contribution is -0.128. The zero-order valence-corrected chi connectivity index (χ0v) is 16.0. The van der Waals surface area contributed by atoms with Gasteiger partial charge in [-0.15, -0.1) is 0 Å². The highest BCUT2D eigenvalue weighted by molar-refractivity contribution is 5.89. The molecule has 4 rings (SSSR count). The van der Waals surface area contributed by atoms with Gasteiger partial charge in [-0.25, -0.2) is 0 Å². The number of amides is 2. The monoisotopic (exact) mass is 367 g/mol. The van der Waals surface area contributed by atoms with E-state index in [4.69, 9.17) is 0 Å². The number of carbonyl (C=O) groups is 2. The number of carbonyl (C=O) groups excluding carboxylic acids is 2. The van der Waals surface area contributed by atoms with Crippen molar-refractivity contribution < 1.29 is 9.59 Å². The summed E-state index contributed by atoms with van der Waals surface area (Å²) in [5, 5.41) is 7.19. The Morgan fingerprint density at radius 1 is 1.15 bits per heavy atom. The summed E-state index contributed by atoms with van der Waals surface area (Å²) < 4.78 is 0. The van der Waals surface area contributed by atoms with Crippen molar-refractivity contribution in [3.8, 4) is 0 Å².